The van der Waals surface area contributed by atoms with Crippen molar-refractivity contribution in [2.45, 2.75) is 49.6 Å². The number of aromatic nitrogens is 2. The van der Waals surface area contributed by atoms with E-state index < -0.39 is 10.0 Å². The largest absolute Gasteiger partial charge is 0.320 e. The highest BCUT2D eigenvalue weighted by atomic mass is 32.2. The number of hydrogen-bond acceptors (Lipinski definition) is 4. The van der Waals surface area contributed by atoms with Gasteiger partial charge in [0.2, 0.25) is 10.0 Å². The van der Waals surface area contributed by atoms with E-state index in [2.05, 4.69) is 15.1 Å². The van der Waals surface area contributed by atoms with Crippen molar-refractivity contribution >= 4 is 10.0 Å². The molecule has 108 valence electrons. The molecular weight excluding hydrogens is 264 g/mol. The van der Waals surface area contributed by atoms with Gasteiger partial charge in [0, 0.05) is 18.8 Å². The van der Waals surface area contributed by atoms with Crippen molar-refractivity contribution in [2.24, 2.45) is 0 Å². The van der Waals surface area contributed by atoms with E-state index in [0.717, 1.165) is 45.2 Å². The summed E-state index contributed by atoms with van der Waals surface area (Å²) in [5, 5.41) is 7.15. The summed E-state index contributed by atoms with van der Waals surface area (Å²) in [6.45, 7) is 1.61. The van der Waals surface area contributed by atoms with Gasteiger partial charge in [-0.15, -0.1) is 0 Å². The maximum Gasteiger partial charge on any atom is 0.243 e. The van der Waals surface area contributed by atoms with Gasteiger partial charge in [-0.2, -0.15) is 5.10 Å². The molecule has 1 aliphatic carbocycles. The molecule has 0 radical (unpaired) electrons. The highest BCUT2D eigenvalue weighted by molar-refractivity contribution is 7.89. The minimum Gasteiger partial charge on any atom is -0.320 e. The quantitative estimate of drug-likeness (QED) is 0.724. The summed E-state index contributed by atoms with van der Waals surface area (Å²) in [4.78, 5) is 0.267. The van der Waals surface area contributed by atoms with Crippen LogP contribution in [0.25, 0.3) is 0 Å². The molecule has 1 aromatic rings. The van der Waals surface area contributed by atoms with Crippen LogP contribution < -0.4 is 10.0 Å². The molecule has 2 rings (SSSR count). The number of nitrogens with zero attached hydrogens (tertiary/aromatic N) is 2. The highest BCUT2D eigenvalue weighted by Gasteiger charge is 2.23. The third-order valence-electron chi connectivity index (χ3n) is 3.41. The van der Waals surface area contributed by atoms with Gasteiger partial charge in [-0.3, -0.25) is 4.68 Å². The average Bonchev–Trinajstić information content (AvgIpc) is 3.00. The van der Waals surface area contributed by atoms with E-state index in [0.29, 0.717) is 0 Å². The molecule has 0 unspecified atom stereocenters. The fraction of sp³-hybridized carbons (Fsp3) is 0.750. The number of rotatable bonds is 7. The Morgan fingerprint density at radius 1 is 1.42 bits per heavy atom. The van der Waals surface area contributed by atoms with E-state index in [1.54, 1.807) is 10.9 Å². The van der Waals surface area contributed by atoms with Crippen LogP contribution >= 0.6 is 0 Å². The van der Waals surface area contributed by atoms with Crippen LogP contribution in [0.4, 0.5) is 0 Å². The summed E-state index contributed by atoms with van der Waals surface area (Å²) in [6, 6.07) is 0.0950. The second-order valence-electron chi connectivity index (χ2n) is 5.00. The van der Waals surface area contributed by atoms with Crippen molar-refractivity contribution in [1.82, 2.24) is 19.8 Å². The molecule has 1 aliphatic rings. The summed E-state index contributed by atoms with van der Waals surface area (Å²) in [5.74, 6) is 0. The van der Waals surface area contributed by atoms with Crippen molar-refractivity contribution in [3.8, 4) is 0 Å². The van der Waals surface area contributed by atoms with E-state index in [1.165, 1.54) is 6.20 Å². The number of hydrogen-bond donors (Lipinski definition) is 2. The zero-order valence-electron chi connectivity index (χ0n) is 11.3. The zero-order chi connectivity index (χ0) is 13.7. The van der Waals surface area contributed by atoms with Gasteiger partial charge >= 0.3 is 0 Å². The Bertz CT molecular complexity index is 492. The molecule has 19 heavy (non-hydrogen) atoms. The first kappa shape index (κ1) is 14.5. The summed E-state index contributed by atoms with van der Waals surface area (Å²) < 4.78 is 28.7. The zero-order valence-corrected chi connectivity index (χ0v) is 12.1. The molecule has 0 aliphatic heterocycles. The van der Waals surface area contributed by atoms with Gasteiger partial charge in [0.25, 0.3) is 0 Å². The molecule has 1 saturated carbocycles. The Morgan fingerprint density at radius 2 is 2.16 bits per heavy atom. The lowest BCUT2D eigenvalue weighted by Crippen LogP contribution is -2.32. The molecule has 0 spiro atoms. The van der Waals surface area contributed by atoms with Crippen molar-refractivity contribution in [3.63, 3.8) is 0 Å². The lowest BCUT2D eigenvalue weighted by molar-refractivity contribution is 0.549. The van der Waals surface area contributed by atoms with Crippen LogP contribution in [-0.2, 0) is 16.6 Å². The monoisotopic (exact) mass is 286 g/mol. The summed E-state index contributed by atoms with van der Waals surface area (Å²) in [7, 11) is -1.51. The molecule has 0 bridgehead atoms. The maximum absolute atomic E-state index is 12.2. The summed E-state index contributed by atoms with van der Waals surface area (Å²) >= 11 is 0. The molecule has 0 saturated heterocycles. The molecule has 1 fully saturated rings. The fourth-order valence-corrected chi connectivity index (χ4v) is 3.61. The van der Waals surface area contributed by atoms with E-state index in [-0.39, 0.29) is 10.9 Å². The maximum atomic E-state index is 12.2. The highest BCUT2D eigenvalue weighted by Crippen LogP contribution is 2.20. The first-order valence-corrected chi connectivity index (χ1v) is 8.29. The second kappa shape index (κ2) is 6.49. The van der Waals surface area contributed by atoms with Gasteiger partial charge in [-0.25, -0.2) is 13.1 Å². The lowest BCUT2D eigenvalue weighted by Gasteiger charge is -2.10. The predicted molar refractivity (Wildman–Crippen MR) is 73.3 cm³/mol. The van der Waals surface area contributed by atoms with Crippen LogP contribution in [-0.4, -0.2) is 37.8 Å². The van der Waals surface area contributed by atoms with Gasteiger partial charge in [0.05, 0.1) is 6.20 Å². The van der Waals surface area contributed by atoms with Gasteiger partial charge < -0.3 is 5.32 Å². The molecule has 7 heteroatoms. The van der Waals surface area contributed by atoms with E-state index in [1.807, 2.05) is 7.05 Å². The van der Waals surface area contributed by atoms with E-state index in [9.17, 15) is 8.42 Å². The smallest absolute Gasteiger partial charge is 0.243 e. The van der Waals surface area contributed by atoms with Crippen molar-refractivity contribution in [1.29, 1.82) is 0 Å². The average molecular weight is 286 g/mol. The molecule has 0 amide bonds. The number of sulfonamides is 1. The fourth-order valence-electron chi connectivity index (χ4n) is 2.35. The van der Waals surface area contributed by atoms with Crippen LogP contribution in [0.3, 0.4) is 0 Å². The Balaban J connectivity index is 1.95. The van der Waals surface area contributed by atoms with Gasteiger partial charge in [-0.05, 0) is 32.9 Å². The van der Waals surface area contributed by atoms with Gasteiger partial charge in [0.15, 0.2) is 0 Å². The SMILES string of the molecule is CNCCCn1cc(S(=O)(=O)NC2CCCC2)cn1. The van der Waals surface area contributed by atoms with E-state index >= 15 is 0 Å². The third kappa shape index (κ3) is 4.02. The molecule has 6 nitrogen and oxygen atoms in total. The second-order valence-corrected chi connectivity index (χ2v) is 6.71. The molecule has 1 heterocycles. The van der Waals surface area contributed by atoms with Gasteiger partial charge in [0.1, 0.15) is 4.90 Å². The van der Waals surface area contributed by atoms with Crippen LogP contribution in [0.2, 0.25) is 0 Å². The minimum absolute atomic E-state index is 0.0950. The Labute approximate surface area is 114 Å². The minimum atomic E-state index is -3.40. The molecular formula is C12H22N4O2S. The molecule has 0 aromatic carbocycles. The van der Waals surface area contributed by atoms with Gasteiger partial charge in [-0.1, -0.05) is 12.8 Å². The summed E-state index contributed by atoms with van der Waals surface area (Å²) in [6.07, 6.45) is 8.05. The molecule has 2 N–H and O–H groups in total. The Morgan fingerprint density at radius 3 is 2.84 bits per heavy atom. The number of nitrogens with one attached hydrogen (secondary N) is 2. The third-order valence-corrected chi connectivity index (χ3v) is 4.89. The molecule has 0 atom stereocenters. The lowest BCUT2D eigenvalue weighted by atomic mass is 10.3. The normalized spacial score (nSPS) is 17.1. The first-order valence-electron chi connectivity index (χ1n) is 6.81. The van der Waals surface area contributed by atoms with Crippen LogP contribution in [0.5, 0.6) is 0 Å². The van der Waals surface area contributed by atoms with Crippen LogP contribution in [0.1, 0.15) is 32.1 Å². The molecule has 1 aromatic heterocycles. The van der Waals surface area contributed by atoms with Crippen LogP contribution in [0, 0.1) is 0 Å². The standard InChI is InChI=1S/C12H22N4O2S/c1-13-7-4-8-16-10-12(9-14-16)19(17,18)15-11-5-2-3-6-11/h9-11,13,15H,2-8H2,1H3. The van der Waals surface area contributed by atoms with Crippen LogP contribution in [0.15, 0.2) is 17.3 Å². The Kier molecular flexibility index (Phi) is 4.95. The first-order chi connectivity index (χ1) is 9.12. The van der Waals surface area contributed by atoms with Crippen molar-refractivity contribution in [2.75, 3.05) is 13.6 Å². The van der Waals surface area contributed by atoms with Crippen molar-refractivity contribution in [3.05, 3.63) is 12.4 Å². The number of aryl methyl sites for hydroxylation is 1. The van der Waals surface area contributed by atoms with Crippen molar-refractivity contribution < 1.29 is 8.42 Å². The van der Waals surface area contributed by atoms with E-state index in [4.69, 9.17) is 0 Å². The Hall–Kier alpha value is -0.920. The topological polar surface area (TPSA) is 76.0 Å². The predicted octanol–water partition coefficient (Wildman–Crippen LogP) is 0.714. The summed E-state index contributed by atoms with van der Waals surface area (Å²) in [5.41, 5.74) is 0.